The summed E-state index contributed by atoms with van der Waals surface area (Å²) in [6.45, 7) is 5.09. The van der Waals surface area contributed by atoms with Gasteiger partial charge in [0.05, 0.1) is 29.2 Å². The van der Waals surface area contributed by atoms with E-state index in [1.165, 1.54) is 30.3 Å². The number of hydrogen-bond acceptors (Lipinski definition) is 5. The van der Waals surface area contributed by atoms with Crippen molar-refractivity contribution in [2.24, 2.45) is 0 Å². The minimum absolute atomic E-state index is 0.0172. The van der Waals surface area contributed by atoms with Crippen LogP contribution in [-0.2, 0) is 21.4 Å². The third-order valence-electron chi connectivity index (χ3n) is 3.71. The van der Waals surface area contributed by atoms with Gasteiger partial charge in [0, 0.05) is 11.1 Å². The van der Waals surface area contributed by atoms with Crippen LogP contribution in [0.5, 0.6) is 0 Å². The third kappa shape index (κ3) is 5.12. The van der Waals surface area contributed by atoms with Gasteiger partial charge >= 0.3 is 0 Å². The summed E-state index contributed by atoms with van der Waals surface area (Å²) in [6.07, 6.45) is -0.127. The molecule has 0 heterocycles. The first-order chi connectivity index (χ1) is 12.6. The van der Waals surface area contributed by atoms with Crippen molar-refractivity contribution in [1.29, 1.82) is 5.26 Å². The Morgan fingerprint density at radius 3 is 2.59 bits per heavy atom. The van der Waals surface area contributed by atoms with Crippen molar-refractivity contribution in [3.63, 3.8) is 0 Å². The lowest BCUT2D eigenvalue weighted by Crippen LogP contribution is -2.31. The maximum atomic E-state index is 13.9. The van der Waals surface area contributed by atoms with Gasteiger partial charge in [-0.3, -0.25) is 4.79 Å². The molecule has 0 aromatic heterocycles. The number of hydrogen-bond donors (Lipinski definition) is 1. The number of nitrogens with one attached hydrogen (secondary N) is 1. The number of carbonyl (C=O) groups is 1. The molecular formula is C19H19FN2O4S. The summed E-state index contributed by atoms with van der Waals surface area (Å²) in [5.74, 6) is -1.45. The summed E-state index contributed by atoms with van der Waals surface area (Å²) in [6, 6.07) is 9.54. The molecule has 0 aliphatic carbocycles. The van der Waals surface area contributed by atoms with E-state index in [9.17, 15) is 17.6 Å². The Morgan fingerprint density at radius 1 is 1.26 bits per heavy atom. The maximum Gasteiger partial charge on any atom is 0.265 e. The minimum atomic E-state index is -4.20. The van der Waals surface area contributed by atoms with E-state index in [1.54, 1.807) is 20.8 Å². The summed E-state index contributed by atoms with van der Waals surface area (Å²) < 4.78 is 46.2. The third-order valence-corrected chi connectivity index (χ3v) is 5.19. The normalized spacial score (nSPS) is 11.3. The van der Waals surface area contributed by atoms with Gasteiger partial charge in [-0.2, -0.15) is 5.26 Å². The first-order valence-electron chi connectivity index (χ1n) is 8.12. The molecule has 2 aromatic carbocycles. The highest BCUT2D eigenvalue weighted by molar-refractivity contribution is 7.90. The topological polar surface area (TPSA) is 96.3 Å². The Morgan fingerprint density at radius 2 is 1.96 bits per heavy atom. The number of amides is 1. The van der Waals surface area contributed by atoms with Crippen molar-refractivity contribution < 1.29 is 22.3 Å². The van der Waals surface area contributed by atoms with Crippen LogP contribution in [0.25, 0.3) is 0 Å². The number of carbonyl (C=O) groups excluding carboxylic acids is 1. The smallest absolute Gasteiger partial charge is 0.265 e. The van der Waals surface area contributed by atoms with E-state index in [1.807, 2.05) is 10.8 Å². The number of rotatable bonds is 6. The second kappa shape index (κ2) is 8.29. The van der Waals surface area contributed by atoms with Crippen LogP contribution in [0.4, 0.5) is 4.39 Å². The molecule has 0 spiro atoms. The Bertz CT molecular complexity index is 1010. The fourth-order valence-corrected chi connectivity index (χ4v) is 3.52. The molecule has 0 unspecified atom stereocenters. The molecule has 2 rings (SSSR count). The van der Waals surface area contributed by atoms with Gasteiger partial charge < -0.3 is 4.74 Å². The second-order valence-electron chi connectivity index (χ2n) is 6.19. The van der Waals surface area contributed by atoms with Crippen molar-refractivity contribution in [3.05, 3.63) is 64.5 Å². The molecular weight excluding hydrogens is 371 g/mol. The zero-order valence-electron chi connectivity index (χ0n) is 15.1. The Balaban J connectivity index is 2.29. The minimum Gasteiger partial charge on any atom is -0.374 e. The molecule has 0 saturated heterocycles. The van der Waals surface area contributed by atoms with Crippen molar-refractivity contribution in [2.75, 3.05) is 0 Å². The van der Waals surface area contributed by atoms with Gasteiger partial charge in [-0.25, -0.2) is 17.5 Å². The highest BCUT2D eigenvalue weighted by Gasteiger charge is 2.22. The highest BCUT2D eigenvalue weighted by Crippen LogP contribution is 2.18. The van der Waals surface area contributed by atoms with E-state index >= 15 is 0 Å². The highest BCUT2D eigenvalue weighted by atomic mass is 32.2. The molecule has 8 heteroatoms. The van der Waals surface area contributed by atoms with Gasteiger partial charge in [0.25, 0.3) is 15.9 Å². The summed E-state index contributed by atoms with van der Waals surface area (Å²) in [4.78, 5) is 12.2. The van der Waals surface area contributed by atoms with E-state index < -0.39 is 21.7 Å². The largest absolute Gasteiger partial charge is 0.374 e. The average Bonchev–Trinajstić information content (AvgIpc) is 2.60. The maximum absolute atomic E-state index is 13.9. The lowest BCUT2D eigenvalue weighted by molar-refractivity contribution is 0.0639. The zero-order valence-corrected chi connectivity index (χ0v) is 15.9. The summed E-state index contributed by atoms with van der Waals surface area (Å²) in [7, 11) is -4.20. The van der Waals surface area contributed by atoms with Crippen LogP contribution in [-0.4, -0.2) is 20.4 Å². The first kappa shape index (κ1) is 20.6. The molecule has 6 nitrogen and oxygen atoms in total. The Hall–Kier alpha value is -2.76. The fraction of sp³-hybridized carbons (Fsp3) is 0.263. The monoisotopic (exact) mass is 390 g/mol. The van der Waals surface area contributed by atoms with E-state index in [0.717, 1.165) is 6.07 Å². The molecule has 0 aliphatic rings. The van der Waals surface area contributed by atoms with Crippen LogP contribution in [0, 0.1) is 24.1 Å². The Labute approximate surface area is 157 Å². The van der Waals surface area contributed by atoms with Crippen LogP contribution in [0.15, 0.2) is 41.3 Å². The lowest BCUT2D eigenvalue weighted by atomic mass is 10.1. The summed E-state index contributed by atoms with van der Waals surface area (Å²) >= 11 is 0. The molecule has 1 amide bonds. The molecule has 0 fully saturated rings. The van der Waals surface area contributed by atoms with Crippen molar-refractivity contribution in [3.8, 4) is 6.07 Å². The molecule has 0 saturated carbocycles. The van der Waals surface area contributed by atoms with Crippen LogP contribution >= 0.6 is 0 Å². The van der Waals surface area contributed by atoms with Gasteiger partial charge in [-0.15, -0.1) is 0 Å². The predicted octanol–water partition coefficient (Wildman–Crippen LogP) is 3.05. The number of halogens is 1. The molecule has 0 atom stereocenters. The first-order valence-corrected chi connectivity index (χ1v) is 9.60. The summed E-state index contributed by atoms with van der Waals surface area (Å²) in [5, 5.41) is 8.95. The van der Waals surface area contributed by atoms with Crippen LogP contribution in [0.1, 0.15) is 40.9 Å². The van der Waals surface area contributed by atoms with Gasteiger partial charge in [-0.1, -0.05) is 6.07 Å². The molecule has 142 valence electrons. The SMILES string of the molecule is Cc1ccc(C#N)cc1S(=O)(=O)NC(=O)c1ccc(F)c(COC(C)C)c1. The van der Waals surface area contributed by atoms with Gasteiger partial charge in [0.1, 0.15) is 5.82 Å². The molecule has 0 radical (unpaired) electrons. The van der Waals surface area contributed by atoms with Crippen molar-refractivity contribution in [2.45, 2.75) is 38.4 Å². The second-order valence-corrected chi connectivity index (χ2v) is 7.84. The molecule has 27 heavy (non-hydrogen) atoms. The van der Waals surface area contributed by atoms with E-state index in [-0.39, 0.29) is 34.3 Å². The van der Waals surface area contributed by atoms with Crippen LogP contribution < -0.4 is 4.72 Å². The lowest BCUT2D eigenvalue weighted by Gasteiger charge is -2.12. The number of benzene rings is 2. The van der Waals surface area contributed by atoms with Crippen LogP contribution in [0.3, 0.4) is 0 Å². The molecule has 1 N–H and O–H groups in total. The fourth-order valence-electron chi connectivity index (χ4n) is 2.28. The number of ether oxygens (including phenoxy) is 1. The number of sulfonamides is 1. The summed E-state index contributed by atoms with van der Waals surface area (Å²) in [5.41, 5.74) is 0.676. The van der Waals surface area contributed by atoms with Gasteiger partial charge in [-0.05, 0) is 56.7 Å². The van der Waals surface area contributed by atoms with Gasteiger partial charge in [0.15, 0.2) is 0 Å². The molecule has 0 aliphatic heterocycles. The molecule has 2 aromatic rings. The number of nitriles is 1. The number of aryl methyl sites for hydroxylation is 1. The standard InChI is InChI=1S/C19H19FN2O4S/c1-12(2)26-11-16-9-15(6-7-17(16)20)19(23)22-27(24,25)18-8-14(10-21)5-4-13(18)3/h4-9,12H,11H2,1-3H3,(H,22,23). The average molecular weight is 390 g/mol. The van der Waals surface area contributed by atoms with Gasteiger partial charge in [0.2, 0.25) is 0 Å². The zero-order chi connectivity index (χ0) is 20.2. The van der Waals surface area contributed by atoms with Crippen molar-refractivity contribution >= 4 is 15.9 Å². The van der Waals surface area contributed by atoms with Crippen LogP contribution in [0.2, 0.25) is 0 Å². The quantitative estimate of drug-likeness (QED) is 0.818. The van der Waals surface area contributed by atoms with E-state index in [0.29, 0.717) is 5.56 Å². The Kier molecular flexibility index (Phi) is 6.31. The van der Waals surface area contributed by atoms with Crippen molar-refractivity contribution in [1.82, 2.24) is 4.72 Å². The number of nitrogens with zero attached hydrogens (tertiary/aromatic N) is 1. The van der Waals surface area contributed by atoms with E-state index in [2.05, 4.69) is 0 Å². The van der Waals surface area contributed by atoms with E-state index in [4.69, 9.17) is 10.00 Å². The molecule has 0 bridgehead atoms. The predicted molar refractivity (Wildman–Crippen MR) is 96.9 cm³/mol.